The Balaban J connectivity index is 2.54. The quantitative estimate of drug-likeness (QED) is 0.774. The van der Waals surface area contributed by atoms with Crippen LogP contribution in [0.25, 0.3) is 11.2 Å². The molecule has 0 aliphatic heterocycles. The van der Waals surface area contributed by atoms with Gasteiger partial charge in [-0.1, -0.05) is 0 Å². The molecular formula is C10H11N3O2. The fraction of sp³-hybridized carbons (Fsp3) is 0.300. The molecule has 0 saturated heterocycles. The molecule has 0 unspecified atom stereocenters. The summed E-state index contributed by atoms with van der Waals surface area (Å²) < 4.78 is 5.11. The van der Waals surface area contributed by atoms with Gasteiger partial charge in [-0.25, -0.2) is 9.97 Å². The Kier molecular flexibility index (Phi) is 2.37. The van der Waals surface area contributed by atoms with Crippen molar-refractivity contribution in [2.45, 2.75) is 19.9 Å². The number of hydrogen-bond acceptors (Lipinski definition) is 5. The van der Waals surface area contributed by atoms with Gasteiger partial charge in [-0.3, -0.25) is 4.79 Å². The van der Waals surface area contributed by atoms with Crippen LogP contribution in [0.2, 0.25) is 0 Å². The maximum Gasteiger partial charge on any atom is 0.262 e. The molecule has 2 heterocycles. The van der Waals surface area contributed by atoms with Crippen molar-refractivity contribution in [3.05, 3.63) is 18.2 Å². The van der Waals surface area contributed by atoms with E-state index in [0.29, 0.717) is 17.5 Å². The minimum Gasteiger partial charge on any atom is -0.415 e. The van der Waals surface area contributed by atoms with E-state index in [9.17, 15) is 4.79 Å². The van der Waals surface area contributed by atoms with E-state index in [-0.39, 0.29) is 11.9 Å². The van der Waals surface area contributed by atoms with Crippen molar-refractivity contribution >= 4 is 23.2 Å². The first kappa shape index (κ1) is 9.64. The van der Waals surface area contributed by atoms with Crippen molar-refractivity contribution in [1.82, 2.24) is 9.97 Å². The third kappa shape index (κ3) is 1.81. The average molecular weight is 205 g/mol. The SMILES string of the molecule is CC(C)Nc1ccnc2oc(C=O)nc12. The van der Waals surface area contributed by atoms with Gasteiger partial charge < -0.3 is 9.73 Å². The van der Waals surface area contributed by atoms with E-state index in [4.69, 9.17) is 4.42 Å². The Morgan fingerprint density at radius 1 is 1.53 bits per heavy atom. The van der Waals surface area contributed by atoms with Crippen LogP contribution in [0.5, 0.6) is 0 Å². The van der Waals surface area contributed by atoms with Crippen LogP contribution in [0.15, 0.2) is 16.7 Å². The largest absolute Gasteiger partial charge is 0.415 e. The zero-order valence-corrected chi connectivity index (χ0v) is 8.52. The monoisotopic (exact) mass is 205 g/mol. The molecule has 5 heteroatoms. The minimum atomic E-state index is 0.0514. The molecule has 0 bridgehead atoms. The molecule has 2 aromatic rings. The van der Waals surface area contributed by atoms with Crippen LogP contribution in [0, 0.1) is 0 Å². The van der Waals surface area contributed by atoms with Crippen molar-refractivity contribution in [3.63, 3.8) is 0 Å². The average Bonchev–Trinajstić information content (AvgIpc) is 2.61. The fourth-order valence-corrected chi connectivity index (χ4v) is 1.33. The van der Waals surface area contributed by atoms with Crippen LogP contribution >= 0.6 is 0 Å². The Hall–Kier alpha value is -1.91. The van der Waals surface area contributed by atoms with Crippen LogP contribution in [0.1, 0.15) is 24.5 Å². The molecule has 2 aromatic heterocycles. The van der Waals surface area contributed by atoms with Crippen LogP contribution in [0.4, 0.5) is 5.69 Å². The normalized spacial score (nSPS) is 10.9. The van der Waals surface area contributed by atoms with E-state index in [1.807, 2.05) is 13.8 Å². The summed E-state index contributed by atoms with van der Waals surface area (Å²) in [5, 5.41) is 3.21. The van der Waals surface area contributed by atoms with Crippen LogP contribution < -0.4 is 5.32 Å². The second-order valence-electron chi connectivity index (χ2n) is 3.48. The summed E-state index contributed by atoms with van der Waals surface area (Å²) in [6, 6.07) is 2.09. The van der Waals surface area contributed by atoms with E-state index in [1.54, 1.807) is 12.3 Å². The molecule has 15 heavy (non-hydrogen) atoms. The number of pyridine rings is 1. The molecule has 0 aliphatic carbocycles. The lowest BCUT2D eigenvalue weighted by molar-refractivity contribution is 0.109. The topological polar surface area (TPSA) is 68.0 Å². The first-order valence-corrected chi connectivity index (χ1v) is 4.68. The lowest BCUT2D eigenvalue weighted by Crippen LogP contribution is -2.09. The molecule has 0 saturated carbocycles. The van der Waals surface area contributed by atoms with Gasteiger partial charge in [-0.15, -0.1) is 0 Å². The van der Waals surface area contributed by atoms with Crippen molar-refractivity contribution in [3.8, 4) is 0 Å². The number of carbonyl (C=O) groups is 1. The summed E-state index contributed by atoms with van der Waals surface area (Å²) in [6.07, 6.45) is 2.19. The summed E-state index contributed by atoms with van der Waals surface area (Å²) in [5.41, 5.74) is 1.79. The van der Waals surface area contributed by atoms with E-state index < -0.39 is 0 Å². The van der Waals surface area contributed by atoms with Gasteiger partial charge in [0.15, 0.2) is 5.52 Å². The zero-order chi connectivity index (χ0) is 10.8. The molecule has 0 amide bonds. The molecule has 0 aromatic carbocycles. The highest BCUT2D eigenvalue weighted by molar-refractivity contribution is 5.86. The van der Waals surface area contributed by atoms with Crippen LogP contribution in [-0.4, -0.2) is 22.3 Å². The van der Waals surface area contributed by atoms with Gasteiger partial charge >= 0.3 is 0 Å². The Morgan fingerprint density at radius 2 is 2.33 bits per heavy atom. The van der Waals surface area contributed by atoms with E-state index in [1.165, 1.54) is 0 Å². The van der Waals surface area contributed by atoms with Crippen molar-refractivity contribution < 1.29 is 9.21 Å². The molecule has 0 atom stereocenters. The van der Waals surface area contributed by atoms with E-state index in [0.717, 1.165) is 5.69 Å². The Bertz CT molecular complexity index is 490. The smallest absolute Gasteiger partial charge is 0.262 e. The third-order valence-electron chi connectivity index (χ3n) is 1.86. The maximum absolute atomic E-state index is 10.5. The second kappa shape index (κ2) is 3.68. The lowest BCUT2D eigenvalue weighted by Gasteiger charge is -2.08. The predicted octanol–water partition coefficient (Wildman–Crippen LogP) is 1.86. The number of fused-ring (bicyclic) bond motifs is 1. The van der Waals surface area contributed by atoms with Gasteiger partial charge in [0, 0.05) is 12.2 Å². The van der Waals surface area contributed by atoms with Crippen LogP contribution in [0.3, 0.4) is 0 Å². The first-order valence-electron chi connectivity index (χ1n) is 4.68. The molecule has 0 aliphatic rings. The number of anilines is 1. The predicted molar refractivity (Wildman–Crippen MR) is 56.0 cm³/mol. The van der Waals surface area contributed by atoms with E-state index >= 15 is 0 Å². The lowest BCUT2D eigenvalue weighted by atomic mass is 10.3. The molecule has 0 radical (unpaired) electrons. The van der Waals surface area contributed by atoms with Gasteiger partial charge in [0.2, 0.25) is 12.0 Å². The molecule has 5 nitrogen and oxygen atoms in total. The Labute approximate surface area is 86.5 Å². The summed E-state index contributed by atoms with van der Waals surface area (Å²) in [4.78, 5) is 18.5. The maximum atomic E-state index is 10.5. The minimum absolute atomic E-state index is 0.0514. The van der Waals surface area contributed by atoms with Crippen LogP contribution in [-0.2, 0) is 0 Å². The fourth-order valence-electron chi connectivity index (χ4n) is 1.33. The summed E-state index contributed by atoms with van der Waals surface area (Å²) in [6.45, 7) is 4.04. The van der Waals surface area contributed by atoms with Gasteiger partial charge in [-0.05, 0) is 19.9 Å². The highest BCUT2D eigenvalue weighted by atomic mass is 16.4. The summed E-state index contributed by atoms with van der Waals surface area (Å²) in [5.74, 6) is 0.0514. The van der Waals surface area contributed by atoms with Crippen molar-refractivity contribution in [1.29, 1.82) is 0 Å². The standard InChI is InChI=1S/C10H11N3O2/c1-6(2)12-7-3-4-11-10-9(7)13-8(5-14)15-10/h3-6H,1-2H3,(H,11,12). The zero-order valence-electron chi connectivity index (χ0n) is 8.52. The van der Waals surface area contributed by atoms with Gasteiger partial charge in [-0.2, -0.15) is 0 Å². The number of nitrogens with one attached hydrogen (secondary N) is 1. The number of oxazole rings is 1. The van der Waals surface area contributed by atoms with Crippen molar-refractivity contribution in [2.24, 2.45) is 0 Å². The summed E-state index contributed by atoms with van der Waals surface area (Å²) >= 11 is 0. The number of carbonyl (C=O) groups excluding carboxylic acids is 1. The van der Waals surface area contributed by atoms with Crippen molar-refractivity contribution in [2.75, 3.05) is 5.32 Å². The summed E-state index contributed by atoms with van der Waals surface area (Å²) in [7, 11) is 0. The van der Waals surface area contributed by atoms with Gasteiger partial charge in [0.1, 0.15) is 0 Å². The highest BCUT2D eigenvalue weighted by Gasteiger charge is 2.10. The number of aldehydes is 1. The molecule has 1 N–H and O–H groups in total. The number of hydrogen-bond donors (Lipinski definition) is 1. The molecule has 0 spiro atoms. The molecular weight excluding hydrogens is 194 g/mol. The van der Waals surface area contributed by atoms with Gasteiger partial charge in [0.05, 0.1) is 5.69 Å². The number of nitrogens with zero attached hydrogens (tertiary/aromatic N) is 2. The molecule has 0 fully saturated rings. The van der Waals surface area contributed by atoms with E-state index in [2.05, 4.69) is 15.3 Å². The highest BCUT2D eigenvalue weighted by Crippen LogP contribution is 2.21. The number of rotatable bonds is 3. The third-order valence-corrected chi connectivity index (χ3v) is 1.86. The first-order chi connectivity index (χ1) is 7.20. The second-order valence-corrected chi connectivity index (χ2v) is 3.48. The number of aromatic nitrogens is 2. The van der Waals surface area contributed by atoms with Gasteiger partial charge in [0.25, 0.3) is 5.89 Å². The Morgan fingerprint density at radius 3 is 3.00 bits per heavy atom. The molecule has 78 valence electrons. The molecule has 2 rings (SSSR count).